The Balaban J connectivity index is 1.58. The molecule has 1 aromatic heterocycles. The van der Waals surface area contributed by atoms with Gasteiger partial charge in [-0.15, -0.1) is 0 Å². The van der Waals surface area contributed by atoms with Gasteiger partial charge in [0, 0.05) is 10.4 Å². The summed E-state index contributed by atoms with van der Waals surface area (Å²) in [4.78, 5) is 16.4. The Kier molecular flexibility index (Phi) is 9.17. The normalized spacial score (nSPS) is 13.5. The molecule has 0 saturated heterocycles. The molecule has 4 aromatic rings. The molecule has 0 aliphatic carbocycles. The third kappa shape index (κ3) is 7.76. The smallest absolute Gasteiger partial charge is 0.310 e. The van der Waals surface area contributed by atoms with Crippen molar-refractivity contribution >= 4 is 50.7 Å². The number of benzene rings is 3. The minimum absolute atomic E-state index is 0.361. The Morgan fingerprint density at radius 2 is 1.79 bits per heavy atom. The largest absolute Gasteiger partial charge is 0.481 e. The van der Waals surface area contributed by atoms with Crippen molar-refractivity contribution in [2.75, 3.05) is 6.26 Å². The van der Waals surface area contributed by atoms with Gasteiger partial charge in [0.25, 0.3) is 10.1 Å². The number of hydrogen-bond acceptors (Lipinski definition) is 5. The molecule has 8 heteroatoms. The van der Waals surface area contributed by atoms with E-state index in [1.54, 1.807) is 0 Å². The molecule has 202 valence electrons. The molecule has 6 nitrogen and oxygen atoms in total. The van der Waals surface area contributed by atoms with Gasteiger partial charge in [-0.1, -0.05) is 79.2 Å². The monoisotopic (exact) mass is 563 g/mol. The maximum absolute atomic E-state index is 12.1. The van der Waals surface area contributed by atoms with Gasteiger partial charge in [0.05, 0.1) is 23.4 Å². The van der Waals surface area contributed by atoms with Gasteiger partial charge in [-0.2, -0.15) is 8.42 Å². The van der Waals surface area contributed by atoms with E-state index in [0.29, 0.717) is 29.8 Å². The summed E-state index contributed by atoms with van der Waals surface area (Å²) in [6.07, 6.45) is 5.39. The van der Waals surface area contributed by atoms with Crippen molar-refractivity contribution in [2.24, 2.45) is 0 Å². The topological polar surface area (TPSA) is 93.6 Å². The number of aromatic nitrogens is 1. The zero-order chi connectivity index (χ0) is 28.0. The molecule has 0 amide bonds. The molecule has 0 aliphatic heterocycles. The second kappa shape index (κ2) is 12.6. The average molecular weight is 564 g/mol. The maximum Gasteiger partial charge on any atom is 0.310 e. The lowest BCUT2D eigenvalue weighted by Crippen LogP contribution is -2.15. The molecule has 0 aliphatic rings. The Morgan fingerprint density at radius 1 is 1.03 bits per heavy atom. The lowest BCUT2D eigenvalue weighted by molar-refractivity contribution is -0.138. The van der Waals surface area contributed by atoms with Crippen LogP contribution in [0, 0.1) is 0 Å². The number of aliphatic carboxylic acids is 1. The first-order valence-electron chi connectivity index (χ1n) is 12.7. The fourth-order valence-electron chi connectivity index (χ4n) is 4.64. The van der Waals surface area contributed by atoms with Crippen molar-refractivity contribution < 1.29 is 22.5 Å². The molecule has 0 radical (unpaired) electrons. The van der Waals surface area contributed by atoms with Crippen LogP contribution in [0.1, 0.15) is 59.7 Å². The number of nitrogens with zero attached hydrogens (tertiary/aromatic N) is 1. The highest BCUT2D eigenvalue weighted by atomic mass is 35.5. The molecule has 0 fully saturated rings. The molecule has 3 aromatic carbocycles. The van der Waals surface area contributed by atoms with Crippen molar-refractivity contribution in [1.29, 1.82) is 0 Å². The lowest BCUT2D eigenvalue weighted by atomic mass is 9.89. The van der Waals surface area contributed by atoms with E-state index in [1.807, 2.05) is 97.9 Å². The summed E-state index contributed by atoms with van der Waals surface area (Å²) in [5, 5.41) is 11.3. The molecule has 0 bridgehead atoms. The molecule has 1 unspecified atom stereocenters. The van der Waals surface area contributed by atoms with Crippen molar-refractivity contribution in [1.82, 2.24) is 4.98 Å². The number of hydrogen-bond donors (Lipinski definition) is 1. The number of halogens is 1. The fraction of sp³-hybridized carbons (Fsp3) is 0.226. The van der Waals surface area contributed by atoms with Gasteiger partial charge in [0.2, 0.25) is 0 Å². The van der Waals surface area contributed by atoms with Gasteiger partial charge in [0.1, 0.15) is 6.10 Å². The van der Waals surface area contributed by atoms with E-state index in [4.69, 9.17) is 15.8 Å². The van der Waals surface area contributed by atoms with Crippen molar-refractivity contribution in [3.05, 3.63) is 112 Å². The van der Waals surface area contributed by atoms with Crippen LogP contribution < -0.4 is 0 Å². The Bertz CT molecular complexity index is 1620. The van der Waals surface area contributed by atoms with Gasteiger partial charge >= 0.3 is 5.97 Å². The summed E-state index contributed by atoms with van der Waals surface area (Å²) < 4.78 is 29.8. The molecule has 0 saturated carbocycles. The number of aryl methyl sites for hydroxylation is 1. The standard InChI is InChI=1S/C31H30ClNO5S/c1-3-27(31(34)35)28-10-5-4-8-22(28)14-18-30(38-39(2,36)37)24-9-6-7-21(19-24)11-16-26-17-13-23-12-15-25(32)20-29(23)33-26/h4-13,15-17,19-20,27,30H,3,14,18H2,1-2H3,(H,34,35)/b16-11+/t27?,30-/m1/s1. The predicted octanol–water partition coefficient (Wildman–Crippen LogP) is 7.29. The van der Waals surface area contributed by atoms with Crippen LogP contribution >= 0.6 is 11.6 Å². The first kappa shape index (κ1) is 28.5. The number of carboxylic acids is 1. The number of rotatable bonds is 11. The van der Waals surface area contributed by atoms with Crippen LogP contribution in [0.2, 0.25) is 5.02 Å². The molecule has 1 N–H and O–H groups in total. The van der Waals surface area contributed by atoms with Crippen molar-refractivity contribution in [3.63, 3.8) is 0 Å². The maximum atomic E-state index is 12.1. The molecular weight excluding hydrogens is 534 g/mol. The number of fused-ring (bicyclic) bond motifs is 1. The molecule has 0 spiro atoms. The third-order valence-electron chi connectivity index (χ3n) is 6.51. The quantitative estimate of drug-likeness (QED) is 0.193. The minimum Gasteiger partial charge on any atom is -0.481 e. The van der Waals surface area contributed by atoms with Crippen LogP contribution in [0.25, 0.3) is 23.1 Å². The predicted molar refractivity (Wildman–Crippen MR) is 156 cm³/mol. The summed E-state index contributed by atoms with van der Waals surface area (Å²) in [6.45, 7) is 1.84. The highest BCUT2D eigenvalue weighted by Gasteiger charge is 2.23. The zero-order valence-corrected chi connectivity index (χ0v) is 23.3. The number of carboxylic acid groups (broad SMARTS) is 1. The average Bonchev–Trinajstić information content (AvgIpc) is 2.90. The summed E-state index contributed by atoms with van der Waals surface area (Å²) in [7, 11) is -3.75. The molecular formula is C31H30ClNO5S. The SMILES string of the molecule is CCC(C(=O)O)c1ccccc1CC[C@@H](OS(C)(=O)=O)c1cccc(/C=C/c2ccc3ccc(Cl)cc3n2)c1. The summed E-state index contributed by atoms with van der Waals surface area (Å²) in [6, 6.07) is 24.4. The minimum atomic E-state index is -3.75. The summed E-state index contributed by atoms with van der Waals surface area (Å²) in [5.74, 6) is -1.50. The van der Waals surface area contributed by atoms with Gasteiger partial charge in [-0.05, 0) is 71.9 Å². The van der Waals surface area contributed by atoms with Crippen LogP contribution in [-0.4, -0.2) is 30.7 Å². The number of pyridine rings is 1. The van der Waals surface area contributed by atoms with E-state index in [9.17, 15) is 18.3 Å². The van der Waals surface area contributed by atoms with E-state index in [0.717, 1.165) is 39.5 Å². The zero-order valence-electron chi connectivity index (χ0n) is 21.7. The van der Waals surface area contributed by atoms with Gasteiger partial charge in [-0.3, -0.25) is 8.98 Å². The van der Waals surface area contributed by atoms with Gasteiger partial charge < -0.3 is 5.11 Å². The number of carbonyl (C=O) groups is 1. The first-order chi connectivity index (χ1) is 18.6. The van der Waals surface area contributed by atoms with Crippen LogP contribution in [0.3, 0.4) is 0 Å². The highest BCUT2D eigenvalue weighted by molar-refractivity contribution is 7.86. The molecule has 4 rings (SSSR count). The van der Waals surface area contributed by atoms with Crippen LogP contribution in [0.5, 0.6) is 0 Å². The van der Waals surface area contributed by atoms with Crippen molar-refractivity contribution in [3.8, 4) is 0 Å². The summed E-state index contributed by atoms with van der Waals surface area (Å²) >= 11 is 6.11. The second-order valence-electron chi connectivity index (χ2n) is 9.40. The van der Waals surface area contributed by atoms with E-state index < -0.39 is 28.1 Å². The van der Waals surface area contributed by atoms with Crippen molar-refractivity contribution in [2.45, 2.75) is 38.2 Å². The second-order valence-corrected chi connectivity index (χ2v) is 11.4. The van der Waals surface area contributed by atoms with E-state index in [1.165, 1.54) is 0 Å². The first-order valence-corrected chi connectivity index (χ1v) is 14.9. The van der Waals surface area contributed by atoms with Crippen LogP contribution in [-0.2, 0) is 25.5 Å². The van der Waals surface area contributed by atoms with Gasteiger partial charge in [-0.25, -0.2) is 4.98 Å². The van der Waals surface area contributed by atoms with Crippen LogP contribution in [0.15, 0.2) is 78.9 Å². The highest BCUT2D eigenvalue weighted by Crippen LogP contribution is 2.30. The fourth-order valence-corrected chi connectivity index (χ4v) is 5.44. The summed E-state index contributed by atoms with van der Waals surface area (Å²) in [5.41, 5.74) is 4.75. The molecule has 1 heterocycles. The lowest BCUT2D eigenvalue weighted by Gasteiger charge is -2.20. The van der Waals surface area contributed by atoms with E-state index in [-0.39, 0.29) is 0 Å². The Morgan fingerprint density at radius 3 is 2.54 bits per heavy atom. The molecule has 2 atom stereocenters. The Labute approximate surface area is 234 Å². The Hall–Kier alpha value is -3.52. The van der Waals surface area contributed by atoms with E-state index in [2.05, 4.69) is 4.98 Å². The van der Waals surface area contributed by atoms with Gasteiger partial charge in [0.15, 0.2) is 0 Å². The van der Waals surface area contributed by atoms with Crippen LogP contribution in [0.4, 0.5) is 0 Å². The third-order valence-corrected chi connectivity index (χ3v) is 7.33. The van der Waals surface area contributed by atoms with E-state index >= 15 is 0 Å². The molecule has 39 heavy (non-hydrogen) atoms.